The van der Waals surface area contributed by atoms with E-state index in [9.17, 15) is 18.0 Å². The molecule has 10 heteroatoms. The molecule has 1 atom stereocenters. The highest BCUT2D eigenvalue weighted by molar-refractivity contribution is 7.92. The van der Waals surface area contributed by atoms with Crippen molar-refractivity contribution in [2.24, 2.45) is 0 Å². The Morgan fingerprint density at radius 3 is 2.46 bits per heavy atom. The Kier molecular flexibility index (Phi) is 6.89. The zero-order chi connectivity index (χ0) is 20.7. The first-order valence-corrected chi connectivity index (χ1v) is 10.1. The van der Waals surface area contributed by atoms with E-state index >= 15 is 0 Å². The zero-order valence-corrected chi connectivity index (χ0v) is 16.2. The van der Waals surface area contributed by atoms with Gasteiger partial charge in [0.25, 0.3) is 5.91 Å². The number of carbonyl (C=O) groups is 2. The molecule has 0 saturated heterocycles. The van der Waals surface area contributed by atoms with Crippen molar-refractivity contribution in [2.75, 3.05) is 13.1 Å². The second-order valence-electron chi connectivity index (χ2n) is 6.05. The Labute approximate surface area is 162 Å². The molecule has 9 nitrogen and oxygen atoms in total. The fraction of sp³-hybridized carbons (Fsp3) is 0.333. The minimum Gasteiger partial charge on any atom is -0.361 e. The Morgan fingerprint density at radius 1 is 1.21 bits per heavy atom. The molecule has 1 unspecified atom stereocenters. The summed E-state index contributed by atoms with van der Waals surface area (Å²) in [5.41, 5.74) is 1.11. The predicted octanol–water partition coefficient (Wildman–Crippen LogP) is 0.645. The van der Waals surface area contributed by atoms with Crippen molar-refractivity contribution in [1.82, 2.24) is 15.8 Å². The molecule has 0 saturated carbocycles. The van der Waals surface area contributed by atoms with Crippen LogP contribution in [0.2, 0.25) is 0 Å². The van der Waals surface area contributed by atoms with Crippen LogP contribution < -0.4 is 10.6 Å². The largest absolute Gasteiger partial charge is 0.361 e. The van der Waals surface area contributed by atoms with Gasteiger partial charge in [-0.1, -0.05) is 23.4 Å². The molecule has 0 aliphatic carbocycles. The Bertz CT molecular complexity index is 973. The van der Waals surface area contributed by atoms with Crippen molar-refractivity contribution in [3.05, 3.63) is 52.9 Å². The van der Waals surface area contributed by atoms with Crippen LogP contribution in [0.1, 0.15) is 27.4 Å². The maximum atomic E-state index is 12.9. The lowest BCUT2D eigenvalue weighted by Crippen LogP contribution is -2.47. The van der Waals surface area contributed by atoms with E-state index in [0.717, 1.165) is 0 Å². The zero-order valence-electron chi connectivity index (χ0n) is 15.4. The lowest BCUT2D eigenvalue weighted by Gasteiger charge is -2.17. The third kappa shape index (κ3) is 5.17. The van der Waals surface area contributed by atoms with Crippen LogP contribution in [0.15, 0.2) is 34.9 Å². The van der Waals surface area contributed by atoms with E-state index in [1.165, 1.54) is 0 Å². The number of sulfone groups is 1. The lowest BCUT2D eigenvalue weighted by atomic mass is 10.2. The Balaban J connectivity index is 2.22. The molecule has 0 bridgehead atoms. The smallest absolute Gasteiger partial charge is 0.251 e. The molecular formula is C18H20N4O5S. The molecule has 1 aromatic heterocycles. The maximum Gasteiger partial charge on any atom is 0.251 e. The molecular weight excluding hydrogens is 384 g/mol. The van der Waals surface area contributed by atoms with Crippen molar-refractivity contribution in [1.29, 1.82) is 5.26 Å². The normalized spacial score (nSPS) is 12.0. The van der Waals surface area contributed by atoms with Crippen molar-refractivity contribution in [2.45, 2.75) is 24.9 Å². The van der Waals surface area contributed by atoms with Crippen molar-refractivity contribution >= 4 is 21.7 Å². The quantitative estimate of drug-likeness (QED) is 0.615. The maximum absolute atomic E-state index is 12.9. The third-order valence-electron chi connectivity index (χ3n) is 4.08. The highest BCUT2D eigenvalue weighted by Crippen LogP contribution is 2.18. The first-order valence-electron chi connectivity index (χ1n) is 8.37. The van der Waals surface area contributed by atoms with E-state index in [0.29, 0.717) is 22.6 Å². The number of rotatable bonds is 8. The molecule has 0 spiro atoms. The van der Waals surface area contributed by atoms with E-state index in [1.807, 2.05) is 0 Å². The average Bonchev–Trinajstić information content (AvgIpc) is 2.98. The van der Waals surface area contributed by atoms with Gasteiger partial charge in [-0.05, 0) is 26.0 Å². The number of benzene rings is 1. The highest BCUT2D eigenvalue weighted by atomic mass is 32.2. The number of nitrogens with zero attached hydrogens (tertiary/aromatic N) is 2. The van der Waals surface area contributed by atoms with Gasteiger partial charge < -0.3 is 15.2 Å². The topological polar surface area (TPSA) is 142 Å². The molecule has 2 amide bonds. The van der Waals surface area contributed by atoms with Crippen LogP contribution >= 0.6 is 0 Å². The summed E-state index contributed by atoms with van der Waals surface area (Å²) < 4.78 is 30.8. The van der Waals surface area contributed by atoms with Crippen LogP contribution in [0.3, 0.4) is 0 Å². The molecule has 28 heavy (non-hydrogen) atoms. The van der Waals surface area contributed by atoms with Gasteiger partial charge >= 0.3 is 0 Å². The molecule has 0 fully saturated rings. The fourth-order valence-corrected chi connectivity index (χ4v) is 4.27. The molecule has 2 aromatic rings. The van der Waals surface area contributed by atoms with E-state index in [2.05, 4.69) is 15.8 Å². The summed E-state index contributed by atoms with van der Waals surface area (Å²) in [5.74, 6) is -1.50. The summed E-state index contributed by atoms with van der Waals surface area (Å²) in [7, 11) is -4.03. The first kappa shape index (κ1) is 21.1. The van der Waals surface area contributed by atoms with Crippen LogP contribution in [0.25, 0.3) is 0 Å². The Hall–Kier alpha value is -3.19. The van der Waals surface area contributed by atoms with E-state index < -0.39 is 39.2 Å². The van der Waals surface area contributed by atoms with Crippen molar-refractivity contribution in [3.63, 3.8) is 0 Å². The fourth-order valence-electron chi connectivity index (χ4n) is 2.51. The summed E-state index contributed by atoms with van der Waals surface area (Å²) in [6.07, 6.45) is 0. The van der Waals surface area contributed by atoms with Gasteiger partial charge in [-0.25, -0.2) is 8.42 Å². The molecule has 148 valence electrons. The minimum absolute atomic E-state index is 0.335. The minimum atomic E-state index is -4.03. The molecule has 2 rings (SSSR count). The number of aryl methyl sites for hydroxylation is 2. The summed E-state index contributed by atoms with van der Waals surface area (Å²) >= 11 is 0. The summed E-state index contributed by atoms with van der Waals surface area (Å²) in [4.78, 5) is 24.6. The van der Waals surface area contributed by atoms with Gasteiger partial charge in [0.2, 0.25) is 5.91 Å². The number of carbonyl (C=O) groups excluding carboxylic acids is 2. The molecule has 1 heterocycles. The van der Waals surface area contributed by atoms with E-state index in [-0.39, 0.29) is 6.54 Å². The van der Waals surface area contributed by atoms with Gasteiger partial charge in [-0.2, -0.15) is 5.26 Å². The van der Waals surface area contributed by atoms with Gasteiger partial charge in [-0.3, -0.25) is 9.59 Å². The number of hydrogen-bond donors (Lipinski definition) is 2. The number of hydrogen-bond acceptors (Lipinski definition) is 7. The Morgan fingerprint density at radius 2 is 1.89 bits per heavy atom. The second-order valence-corrected chi connectivity index (χ2v) is 8.23. The van der Waals surface area contributed by atoms with Gasteiger partial charge in [0.1, 0.15) is 12.3 Å². The predicted molar refractivity (Wildman–Crippen MR) is 99.8 cm³/mol. The molecule has 0 aliphatic rings. The number of nitriles is 1. The van der Waals surface area contributed by atoms with Gasteiger partial charge in [-0.15, -0.1) is 0 Å². The van der Waals surface area contributed by atoms with Gasteiger partial charge in [0.15, 0.2) is 15.1 Å². The average molecular weight is 404 g/mol. The molecule has 1 aromatic carbocycles. The SMILES string of the molecule is Cc1noc(C)c1CS(=O)(=O)C(CNC(=O)c1ccccc1)C(=O)NCC#N. The summed E-state index contributed by atoms with van der Waals surface area (Å²) in [6, 6.07) is 9.93. The summed E-state index contributed by atoms with van der Waals surface area (Å²) in [5, 5.41) is 15.5. The van der Waals surface area contributed by atoms with Crippen LogP contribution in [0, 0.1) is 25.2 Å². The second kappa shape index (κ2) is 9.14. The molecule has 2 N–H and O–H groups in total. The van der Waals surface area contributed by atoms with E-state index in [4.69, 9.17) is 9.78 Å². The molecule has 0 radical (unpaired) electrons. The van der Waals surface area contributed by atoms with Crippen LogP contribution in [0.4, 0.5) is 0 Å². The lowest BCUT2D eigenvalue weighted by molar-refractivity contribution is -0.120. The van der Waals surface area contributed by atoms with Crippen molar-refractivity contribution < 1.29 is 22.5 Å². The third-order valence-corrected chi connectivity index (χ3v) is 6.02. The van der Waals surface area contributed by atoms with Crippen LogP contribution in [-0.2, 0) is 20.4 Å². The number of amides is 2. The van der Waals surface area contributed by atoms with Crippen molar-refractivity contribution in [3.8, 4) is 6.07 Å². The van der Waals surface area contributed by atoms with Gasteiger partial charge in [0.05, 0.1) is 17.5 Å². The van der Waals surface area contributed by atoms with Crippen LogP contribution in [-0.4, -0.2) is 43.7 Å². The summed E-state index contributed by atoms with van der Waals surface area (Å²) in [6.45, 7) is 2.40. The van der Waals surface area contributed by atoms with Crippen LogP contribution in [0.5, 0.6) is 0 Å². The number of nitrogens with one attached hydrogen (secondary N) is 2. The van der Waals surface area contributed by atoms with Gasteiger partial charge in [0, 0.05) is 17.7 Å². The number of aromatic nitrogens is 1. The monoisotopic (exact) mass is 404 g/mol. The van der Waals surface area contributed by atoms with E-state index in [1.54, 1.807) is 50.2 Å². The molecule has 0 aliphatic heterocycles. The standard InChI is InChI=1S/C18H20N4O5S/c1-12-15(13(2)27-22-12)11-28(25,26)16(18(24)20-9-8-19)10-21-17(23)14-6-4-3-5-7-14/h3-7,16H,9-11H2,1-2H3,(H,20,24)(H,21,23). The first-order chi connectivity index (χ1) is 13.3. The highest BCUT2D eigenvalue weighted by Gasteiger charge is 2.34.